The average Bonchev–Trinajstić information content (AvgIpc) is 2.98. The molecule has 0 saturated carbocycles. The Bertz CT molecular complexity index is 602. The number of carbonyl (C=O) groups excluding carboxylic acids is 1. The Kier molecular flexibility index (Phi) is 4.29. The van der Waals surface area contributed by atoms with Crippen molar-refractivity contribution < 1.29 is 9.90 Å². The first-order valence-electron chi connectivity index (χ1n) is 5.70. The second-order valence-corrected chi connectivity index (χ2v) is 4.72. The largest absolute Gasteiger partial charge is 0.387 e. The van der Waals surface area contributed by atoms with Gasteiger partial charge in [-0.15, -0.1) is 0 Å². The molecule has 1 aromatic heterocycles. The molecule has 0 bridgehead atoms. The summed E-state index contributed by atoms with van der Waals surface area (Å²) in [7, 11) is 0. The van der Waals surface area contributed by atoms with Crippen LogP contribution in [0.15, 0.2) is 41.1 Å². The molecule has 1 heterocycles. The SMILES string of the molecule is N#Cc1ccccc1C(=O)NCC(O)c1ccsc1. The van der Waals surface area contributed by atoms with E-state index in [1.165, 1.54) is 11.3 Å². The highest BCUT2D eigenvalue weighted by Gasteiger charge is 2.13. The zero-order valence-electron chi connectivity index (χ0n) is 10.0. The molecule has 96 valence electrons. The van der Waals surface area contributed by atoms with Crippen molar-refractivity contribution in [1.29, 1.82) is 5.26 Å². The van der Waals surface area contributed by atoms with Gasteiger partial charge in [-0.2, -0.15) is 16.6 Å². The van der Waals surface area contributed by atoms with Gasteiger partial charge in [0.15, 0.2) is 0 Å². The Morgan fingerprint density at radius 1 is 1.42 bits per heavy atom. The molecule has 5 heteroatoms. The Hall–Kier alpha value is -2.16. The molecule has 0 aliphatic rings. The normalized spacial score (nSPS) is 11.6. The van der Waals surface area contributed by atoms with E-state index < -0.39 is 6.10 Å². The van der Waals surface area contributed by atoms with Crippen LogP contribution in [0.5, 0.6) is 0 Å². The molecule has 0 radical (unpaired) electrons. The van der Waals surface area contributed by atoms with Gasteiger partial charge in [-0.1, -0.05) is 12.1 Å². The average molecular weight is 272 g/mol. The summed E-state index contributed by atoms with van der Waals surface area (Å²) >= 11 is 1.49. The highest BCUT2D eigenvalue weighted by molar-refractivity contribution is 7.07. The van der Waals surface area contributed by atoms with Gasteiger partial charge in [-0.3, -0.25) is 4.79 Å². The van der Waals surface area contributed by atoms with Crippen LogP contribution in [0, 0.1) is 11.3 Å². The zero-order valence-corrected chi connectivity index (χ0v) is 10.9. The summed E-state index contributed by atoms with van der Waals surface area (Å²) in [6, 6.07) is 10.4. The van der Waals surface area contributed by atoms with Gasteiger partial charge in [0.2, 0.25) is 0 Å². The van der Waals surface area contributed by atoms with Crippen LogP contribution in [0.2, 0.25) is 0 Å². The zero-order chi connectivity index (χ0) is 13.7. The highest BCUT2D eigenvalue weighted by Crippen LogP contribution is 2.15. The van der Waals surface area contributed by atoms with E-state index in [0.717, 1.165) is 5.56 Å². The number of aliphatic hydroxyl groups is 1. The minimum Gasteiger partial charge on any atom is -0.387 e. The lowest BCUT2D eigenvalue weighted by atomic mass is 10.1. The number of hydrogen-bond acceptors (Lipinski definition) is 4. The summed E-state index contributed by atoms with van der Waals surface area (Å²) in [4.78, 5) is 11.9. The van der Waals surface area contributed by atoms with E-state index in [9.17, 15) is 9.90 Å². The Morgan fingerprint density at radius 2 is 2.21 bits per heavy atom. The van der Waals surface area contributed by atoms with Crippen LogP contribution in [0.3, 0.4) is 0 Å². The molecule has 2 aromatic rings. The number of nitrogens with zero attached hydrogens (tertiary/aromatic N) is 1. The van der Waals surface area contributed by atoms with Crippen LogP contribution in [-0.4, -0.2) is 17.6 Å². The lowest BCUT2D eigenvalue weighted by Gasteiger charge is -2.11. The first kappa shape index (κ1) is 13.3. The minimum absolute atomic E-state index is 0.120. The molecule has 1 atom stereocenters. The van der Waals surface area contributed by atoms with E-state index in [1.807, 2.05) is 22.9 Å². The molecule has 0 aliphatic heterocycles. The summed E-state index contributed by atoms with van der Waals surface area (Å²) in [6.45, 7) is 0.120. The van der Waals surface area contributed by atoms with E-state index in [2.05, 4.69) is 5.32 Å². The van der Waals surface area contributed by atoms with Crippen molar-refractivity contribution >= 4 is 17.2 Å². The molecular formula is C14H12N2O2S. The van der Waals surface area contributed by atoms with E-state index in [0.29, 0.717) is 11.1 Å². The number of amides is 1. The maximum atomic E-state index is 11.9. The molecule has 1 unspecified atom stereocenters. The lowest BCUT2D eigenvalue weighted by molar-refractivity contribution is 0.0916. The van der Waals surface area contributed by atoms with Crippen molar-refractivity contribution in [3.05, 3.63) is 57.8 Å². The molecule has 2 rings (SSSR count). The van der Waals surface area contributed by atoms with Gasteiger partial charge >= 0.3 is 0 Å². The third kappa shape index (κ3) is 3.19. The van der Waals surface area contributed by atoms with Crippen molar-refractivity contribution in [3.8, 4) is 6.07 Å². The molecule has 0 spiro atoms. The highest BCUT2D eigenvalue weighted by atomic mass is 32.1. The molecule has 4 nitrogen and oxygen atoms in total. The van der Waals surface area contributed by atoms with Gasteiger partial charge < -0.3 is 10.4 Å². The van der Waals surface area contributed by atoms with E-state index in [-0.39, 0.29) is 12.5 Å². The first-order valence-corrected chi connectivity index (χ1v) is 6.64. The number of nitrogens with one attached hydrogen (secondary N) is 1. The van der Waals surface area contributed by atoms with Gasteiger partial charge in [-0.25, -0.2) is 0 Å². The number of aliphatic hydroxyl groups excluding tert-OH is 1. The van der Waals surface area contributed by atoms with Crippen molar-refractivity contribution in [2.75, 3.05) is 6.54 Å². The number of thiophene rings is 1. The third-order valence-corrected chi connectivity index (χ3v) is 3.38. The molecule has 1 aromatic carbocycles. The predicted octanol–water partition coefficient (Wildman–Crippen LogP) is 2.08. The number of benzene rings is 1. The fourth-order valence-corrected chi connectivity index (χ4v) is 2.35. The maximum Gasteiger partial charge on any atom is 0.252 e. The second kappa shape index (κ2) is 6.14. The molecule has 2 N–H and O–H groups in total. The van der Waals surface area contributed by atoms with E-state index >= 15 is 0 Å². The quantitative estimate of drug-likeness (QED) is 0.895. The molecule has 19 heavy (non-hydrogen) atoms. The summed E-state index contributed by atoms with van der Waals surface area (Å²) in [5.74, 6) is -0.355. The van der Waals surface area contributed by atoms with Crippen molar-refractivity contribution in [2.24, 2.45) is 0 Å². The van der Waals surface area contributed by atoms with Crippen LogP contribution in [-0.2, 0) is 0 Å². The summed E-state index contributed by atoms with van der Waals surface area (Å²) in [5, 5.41) is 25.1. The van der Waals surface area contributed by atoms with E-state index in [1.54, 1.807) is 24.3 Å². The topological polar surface area (TPSA) is 73.1 Å². The Balaban J connectivity index is 2.00. The van der Waals surface area contributed by atoms with Gasteiger partial charge in [0, 0.05) is 6.54 Å². The van der Waals surface area contributed by atoms with Gasteiger partial charge in [0.1, 0.15) is 0 Å². The van der Waals surface area contributed by atoms with E-state index in [4.69, 9.17) is 5.26 Å². The van der Waals surface area contributed by atoms with Crippen LogP contribution in [0.25, 0.3) is 0 Å². The molecule has 0 aliphatic carbocycles. The lowest BCUT2D eigenvalue weighted by Crippen LogP contribution is -2.28. The summed E-state index contributed by atoms with van der Waals surface area (Å²) in [5.41, 5.74) is 1.42. The predicted molar refractivity (Wildman–Crippen MR) is 72.8 cm³/mol. The monoisotopic (exact) mass is 272 g/mol. The number of rotatable bonds is 4. The fourth-order valence-electron chi connectivity index (χ4n) is 1.65. The number of hydrogen-bond donors (Lipinski definition) is 2. The number of nitriles is 1. The second-order valence-electron chi connectivity index (χ2n) is 3.94. The van der Waals surface area contributed by atoms with Crippen molar-refractivity contribution in [2.45, 2.75) is 6.10 Å². The van der Waals surface area contributed by atoms with Crippen LogP contribution >= 0.6 is 11.3 Å². The minimum atomic E-state index is -0.732. The van der Waals surface area contributed by atoms with Crippen LogP contribution in [0.4, 0.5) is 0 Å². The Labute approximate surface area is 114 Å². The molecule has 0 saturated heterocycles. The summed E-state index contributed by atoms with van der Waals surface area (Å²) < 4.78 is 0. The van der Waals surface area contributed by atoms with Gasteiger partial charge in [0.25, 0.3) is 5.91 Å². The van der Waals surface area contributed by atoms with Crippen molar-refractivity contribution in [1.82, 2.24) is 5.32 Å². The third-order valence-electron chi connectivity index (χ3n) is 2.68. The molecule has 0 fully saturated rings. The number of carbonyl (C=O) groups is 1. The van der Waals surface area contributed by atoms with Gasteiger partial charge in [-0.05, 0) is 34.5 Å². The standard InChI is InChI=1S/C14H12N2O2S/c15-7-10-3-1-2-4-12(10)14(18)16-8-13(17)11-5-6-19-9-11/h1-6,9,13,17H,8H2,(H,16,18). The van der Waals surface area contributed by atoms with Gasteiger partial charge in [0.05, 0.1) is 23.3 Å². The van der Waals surface area contributed by atoms with Crippen LogP contribution < -0.4 is 5.32 Å². The van der Waals surface area contributed by atoms with Crippen LogP contribution in [0.1, 0.15) is 27.6 Å². The first-order chi connectivity index (χ1) is 9.22. The Morgan fingerprint density at radius 3 is 2.89 bits per heavy atom. The van der Waals surface area contributed by atoms with Crippen molar-refractivity contribution in [3.63, 3.8) is 0 Å². The molecule has 1 amide bonds. The fraction of sp³-hybridized carbons (Fsp3) is 0.143. The maximum absolute atomic E-state index is 11.9. The summed E-state index contributed by atoms with van der Waals surface area (Å²) in [6.07, 6.45) is -0.732. The molecular weight excluding hydrogens is 260 g/mol. The smallest absolute Gasteiger partial charge is 0.252 e.